The minimum absolute atomic E-state index is 0.111. The molecule has 1 saturated heterocycles. The van der Waals surface area contributed by atoms with E-state index in [1.54, 1.807) is 41.0 Å². The molecule has 11 nitrogen and oxygen atoms in total. The van der Waals surface area contributed by atoms with Crippen molar-refractivity contribution in [2.75, 3.05) is 32.6 Å². The van der Waals surface area contributed by atoms with Gasteiger partial charge in [0.1, 0.15) is 5.69 Å². The Hall–Kier alpha value is -4.15. The molecule has 33 heavy (non-hydrogen) atoms. The standard InChI is InChI=1S/C22H25N7O4/c1-12-9-28(22(32)33-3)11-17(12)27-19-15(20(23)30)8-26-29-10-14(6-18(19)29)13-4-5-16(25-7-13)21(31)24-2/h4-8,10,12,17,27H,9,11H2,1-3H3,(H2,23,30)(H,24,31). The Morgan fingerprint density at radius 2 is 1.97 bits per heavy atom. The van der Waals surface area contributed by atoms with Crippen molar-refractivity contribution in [1.29, 1.82) is 0 Å². The Labute approximate surface area is 189 Å². The van der Waals surface area contributed by atoms with Gasteiger partial charge in [-0.05, 0) is 18.1 Å². The second-order valence-corrected chi connectivity index (χ2v) is 7.97. The van der Waals surface area contributed by atoms with Gasteiger partial charge in [0.25, 0.3) is 11.8 Å². The number of nitrogens with two attached hydrogens (primary N) is 1. The fraction of sp³-hybridized carbons (Fsp3) is 0.318. The molecule has 3 amide bonds. The molecule has 0 saturated carbocycles. The van der Waals surface area contributed by atoms with Crippen LogP contribution in [0.25, 0.3) is 16.6 Å². The number of carbonyl (C=O) groups excluding carboxylic acids is 3. The van der Waals surface area contributed by atoms with E-state index in [-0.39, 0.29) is 29.5 Å². The Bertz CT molecular complexity index is 1220. The lowest BCUT2D eigenvalue weighted by Gasteiger charge is -2.20. The fourth-order valence-electron chi connectivity index (χ4n) is 4.00. The molecule has 4 rings (SSSR count). The molecule has 0 aromatic carbocycles. The zero-order valence-corrected chi connectivity index (χ0v) is 18.5. The molecule has 11 heteroatoms. The minimum atomic E-state index is -0.609. The maximum absolute atomic E-state index is 12.1. The van der Waals surface area contributed by atoms with Gasteiger partial charge in [0.2, 0.25) is 0 Å². The number of nitrogens with one attached hydrogen (secondary N) is 2. The lowest BCUT2D eigenvalue weighted by molar-refractivity contribution is 0.0956. The smallest absolute Gasteiger partial charge is 0.409 e. The monoisotopic (exact) mass is 451 g/mol. The number of nitrogens with zero attached hydrogens (tertiary/aromatic N) is 4. The van der Waals surface area contributed by atoms with Gasteiger partial charge >= 0.3 is 6.09 Å². The van der Waals surface area contributed by atoms with Gasteiger partial charge in [0.05, 0.1) is 30.1 Å². The van der Waals surface area contributed by atoms with Crippen LogP contribution in [0.15, 0.2) is 36.8 Å². The topological polar surface area (TPSA) is 144 Å². The molecule has 2 unspecified atom stereocenters. The number of anilines is 1. The van der Waals surface area contributed by atoms with Crippen molar-refractivity contribution in [1.82, 2.24) is 24.8 Å². The van der Waals surface area contributed by atoms with Crippen molar-refractivity contribution >= 4 is 29.1 Å². The number of fused-ring (bicyclic) bond motifs is 1. The second-order valence-electron chi connectivity index (χ2n) is 7.97. The van der Waals surface area contributed by atoms with E-state index in [0.717, 1.165) is 11.1 Å². The van der Waals surface area contributed by atoms with Gasteiger partial charge in [-0.25, -0.2) is 9.31 Å². The van der Waals surface area contributed by atoms with Gasteiger partial charge in [-0.15, -0.1) is 0 Å². The van der Waals surface area contributed by atoms with E-state index in [2.05, 4.69) is 20.7 Å². The van der Waals surface area contributed by atoms with E-state index < -0.39 is 5.91 Å². The maximum Gasteiger partial charge on any atom is 0.409 e. The highest BCUT2D eigenvalue weighted by Gasteiger charge is 2.34. The Balaban J connectivity index is 1.70. The first-order valence-corrected chi connectivity index (χ1v) is 10.4. The van der Waals surface area contributed by atoms with Crippen LogP contribution >= 0.6 is 0 Å². The zero-order chi connectivity index (χ0) is 23.7. The number of ether oxygens (including phenoxy) is 1. The summed E-state index contributed by atoms with van der Waals surface area (Å²) in [6, 6.07) is 5.19. The van der Waals surface area contributed by atoms with E-state index in [1.165, 1.54) is 13.3 Å². The molecule has 0 spiro atoms. The number of likely N-dealkylation sites (tertiary alicyclic amines) is 1. The lowest BCUT2D eigenvalue weighted by atomic mass is 10.1. The number of hydrogen-bond donors (Lipinski definition) is 3. The van der Waals surface area contributed by atoms with Crippen LogP contribution in [0.3, 0.4) is 0 Å². The molecule has 4 heterocycles. The summed E-state index contributed by atoms with van der Waals surface area (Å²) in [4.78, 5) is 41.7. The van der Waals surface area contributed by atoms with Crippen LogP contribution in [0.5, 0.6) is 0 Å². The predicted molar refractivity (Wildman–Crippen MR) is 121 cm³/mol. The van der Waals surface area contributed by atoms with Crippen LogP contribution in [-0.4, -0.2) is 70.7 Å². The number of amides is 3. The number of rotatable bonds is 5. The molecular formula is C22H25N7O4. The molecule has 1 aliphatic heterocycles. The first-order chi connectivity index (χ1) is 15.8. The van der Waals surface area contributed by atoms with E-state index in [1.807, 2.05) is 13.0 Å². The van der Waals surface area contributed by atoms with E-state index in [4.69, 9.17) is 10.5 Å². The van der Waals surface area contributed by atoms with Crippen molar-refractivity contribution in [2.24, 2.45) is 11.7 Å². The zero-order valence-electron chi connectivity index (χ0n) is 18.5. The summed E-state index contributed by atoms with van der Waals surface area (Å²) in [5, 5.41) is 10.3. The number of hydrogen-bond acceptors (Lipinski definition) is 7. The van der Waals surface area contributed by atoms with Crippen LogP contribution in [-0.2, 0) is 4.74 Å². The lowest BCUT2D eigenvalue weighted by Crippen LogP contribution is -2.32. The number of carbonyl (C=O) groups is 3. The highest BCUT2D eigenvalue weighted by atomic mass is 16.5. The molecule has 3 aromatic heterocycles. The highest BCUT2D eigenvalue weighted by molar-refractivity contribution is 6.02. The van der Waals surface area contributed by atoms with Gasteiger partial charge in [-0.2, -0.15) is 5.10 Å². The molecule has 0 bridgehead atoms. The second kappa shape index (κ2) is 8.77. The SMILES string of the molecule is CNC(=O)c1ccc(-c2cc3c(NC4CN(C(=O)OC)CC4C)c(C(N)=O)cnn3c2)cn1. The molecule has 2 atom stereocenters. The van der Waals surface area contributed by atoms with Crippen molar-refractivity contribution < 1.29 is 19.1 Å². The Morgan fingerprint density at radius 3 is 2.61 bits per heavy atom. The highest BCUT2D eigenvalue weighted by Crippen LogP contribution is 2.31. The third-order valence-corrected chi connectivity index (χ3v) is 5.83. The number of aromatic nitrogens is 3. The van der Waals surface area contributed by atoms with Crippen molar-refractivity contribution in [3.05, 3.63) is 48.0 Å². The van der Waals surface area contributed by atoms with Gasteiger partial charge in [0, 0.05) is 49.7 Å². The largest absolute Gasteiger partial charge is 0.453 e. The van der Waals surface area contributed by atoms with Gasteiger partial charge in [-0.3, -0.25) is 14.6 Å². The summed E-state index contributed by atoms with van der Waals surface area (Å²) in [6.07, 6.45) is 4.44. The molecule has 0 radical (unpaired) electrons. The molecule has 1 fully saturated rings. The van der Waals surface area contributed by atoms with Crippen molar-refractivity contribution in [2.45, 2.75) is 13.0 Å². The number of primary amides is 1. The summed E-state index contributed by atoms with van der Waals surface area (Å²) in [7, 11) is 2.90. The normalized spacial score (nSPS) is 17.7. The quantitative estimate of drug-likeness (QED) is 0.531. The van der Waals surface area contributed by atoms with Crippen LogP contribution in [0, 0.1) is 5.92 Å². The molecule has 172 valence electrons. The van der Waals surface area contributed by atoms with Gasteiger partial charge < -0.3 is 26.0 Å². The Morgan fingerprint density at radius 1 is 1.18 bits per heavy atom. The summed E-state index contributed by atoms with van der Waals surface area (Å²) in [5.74, 6) is -0.759. The fourth-order valence-corrected chi connectivity index (χ4v) is 4.00. The van der Waals surface area contributed by atoms with E-state index >= 15 is 0 Å². The maximum atomic E-state index is 12.1. The Kier molecular flexibility index (Phi) is 5.86. The van der Waals surface area contributed by atoms with Crippen LogP contribution in [0.1, 0.15) is 27.8 Å². The summed E-state index contributed by atoms with van der Waals surface area (Å²) < 4.78 is 6.48. The van der Waals surface area contributed by atoms with Crippen LogP contribution in [0.4, 0.5) is 10.5 Å². The van der Waals surface area contributed by atoms with Crippen LogP contribution in [0.2, 0.25) is 0 Å². The first kappa shape index (κ1) is 22.1. The van der Waals surface area contributed by atoms with Crippen LogP contribution < -0.4 is 16.4 Å². The minimum Gasteiger partial charge on any atom is -0.453 e. The summed E-state index contributed by atoms with van der Waals surface area (Å²) >= 11 is 0. The predicted octanol–water partition coefficient (Wildman–Crippen LogP) is 1.35. The van der Waals surface area contributed by atoms with E-state index in [0.29, 0.717) is 30.0 Å². The molecule has 3 aromatic rings. The molecular weight excluding hydrogens is 426 g/mol. The average Bonchev–Trinajstić information content (AvgIpc) is 3.42. The van der Waals surface area contributed by atoms with E-state index in [9.17, 15) is 14.4 Å². The van der Waals surface area contributed by atoms with Gasteiger partial charge in [-0.1, -0.05) is 13.0 Å². The molecule has 0 aliphatic carbocycles. The molecule has 4 N–H and O–H groups in total. The third-order valence-electron chi connectivity index (χ3n) is 5.83. The first-order valence-electron chi connectivity index (χ1n) is 10.4. The van der Waals surface area contributed by atoms with Crippen molar-refractivity contribution in [3.63, 3.8) is 0 Å². The number of methoxy groups -OCH3 is 1. The summed E-state index contributed by atoms with van der Waals surface area (Å²) in [5.41, 5.74) is 8.98. The van der Waals surface area contributed by atoms with Crippen molar-refractivity contribution in [3.8, 4) is 11.1 Å². The van der Waals surface area contributed by atoms with Gasteiger partial charge in [0.15, 0.2) is 0 Å². The average molecular weight is 451 g/mol. The summed E-state index contributed by atoms with van der Waals surface area (Å²) in [6.45, 7) is 2.98. The number of pyridine rings is 1. The molecule has 1 aliphatic rings. The third kappa shape index (κ3) is 4.16.